The van der Waals surface area contributed by atoms with Crippen LogP contribution in [0.1, 0.15) is 42.5 Å². The predicted octanol–water partition coefficient (Wildman–Crippen LogP) is 2.95. The summed E-state index contributed by atoms with van der Waals surface area (Å²) in [7, 11) is 3.25. The Labute approximate surface area is 184 Å². The Morgan fingerprint density at radius 3 is 2.74 bits per heavy atom. The molecular formula is C24H32N4O3. The maximum atomic E-state index is 12.7. The molecule has 7 heteroatoms. The van der Waals surface area contributed by atoms with E-state index in [0.29, 0.717) is 18.0 Å². The average molecular weight is 425 g/mol. The number of carbonyl (C=O) groups is 1. The number of nitrogens with zero attached hydrogens (tertiary/aromatic N) is 3. The highest BCUT2D eigenvalue weighted by Gasteiger charge is 2.26. The summed E-state index contributed by atoms with van der Waals surface area (Å²) in [5, 5.41) is 3.10. The molecule has 0 saturated carbocycles. The lowest BCUT2D eigenvalue weighted by molar-refractivity contribution is -0.125. The first-order valence-electron chi connectivity index (χ1n) is 11.3. The van der Waals surface area contributed by atoms with Gasteiger partial charge in [-0.05, 0) is 68.2 Å². The van der Waals surface area contributed by atoms with Gasteiger partial charge in [-0.25, -0.2) is 9.97 Å². The van der Waals surface area contributed by atoms with E-state index in [0.717, 1.165) is 61.5 Å². The van der Waals surface area contributed by atoms with Crippen molar-refractivity contribution in [2.24, 2.45) is 5.92 Å². The van der Waals surface area contributed by atoms with Gasteiger partial charge in [0.1, 0.15) is 0 Å². The highest BCUT2D eigenvalue weighted by molar-refractivity contribution is 5.79. The van der Waals surface area contributed by atoms with Gasteiger partial charge in [-0.15, -0.1) is 0 Å². The number of aromatic nitrogens is 2. The van der Waals surface area contributed by atoms with Gasteiger partial charge in [0.2, 0.25) is 11.9 Å². The molecule has 1 fully saturated rings. The van der Waals surface area contributed by atoms with Gasteiger partial charge in [-0.2, -0.15) is 0 Å². The van der Waals surface area contributed by atoms with Crippen LogP contribution in [0.15, 0.2) is 24.4 Å². The van der Waals surface area contributed by atoms with Crippen LogP contribution in [0, 0.1) is 5.92 Å². The number of benzene rings is 1. The lowest BCUT2D eigenvalue weighted by Crippen LogP contribution is -2.36. The van der Waals surface area contributed by atoms with Gasteiger partial charge in [0.05, 0.1) is 14.2 Å². The third kappa shape index (κ3) is 5.09. The number of rotatable bonds is 7. The van der Waals surface area contributed by atoms with Crippen molar-refractivity contribution in [1.29, 1.82) is 0 Å². The van der Waals surface area contributed by atoms with Gasteiger partial charge in [0.25, 0.3) is 0 Å². The molecule has 2 heterocycles. The molecule has 1 aliphatic carbocycles. The zero-order valence-corrected chi connectivity index (χ0v) is 18.5. The summed E-state index contributed by atoms with van der Waals surface area (Å²) in [5.74, 6) is 2.38. The van der Waals surface area contributed by atoms with E-state index in [4.69, 9.17) is 14.5 Å². The Balaban J connectivity index is 1.30. The van der Waals surface area contributed by atoms with Gasteiger partial charge in [-0.3, -0.25) is 4.79 Å². The number of anilines is 1. The number of fused-ring (bicyclic) bond motifs is 1. The first kappa shape index (κ1) is 21.4. The molecule has 7 nitrogen and oxygen atoms in total. The smallest absolute Gasteiger partial charge is 0.225 e. The summed E-state index contributed by atoms with van der Waals surface area (Å²) in [5.41, 5.74) is 3.34. The average Bonchev–Trinajstić information content (AvgIpc) is 2.83. The second-order valence-corrected chi connectivity index (χ2v) is 8.36. The van der Waals surface area contributed by atoms with Crippen molar-refractivity contribution >= 4 is 11.9 Å². The monoisotopic (exact) mass is 424 g/mol. The lowest BCUT2D eigenvalue weighted by Gasteiger charge is -2.28. The lowest BCUT2D eigenvalue weighted by atomic mass is 9.86. The van der Waals surface area contributed by atoms with E-state index >= 15 is 0 Å². The topological polar surface area (TPSA) is 76.6 Å². The second kappa shape index (κ2) is 9.98. The molecule has 1 atom stereocenters. The fourth-order valence-corrected chi connectivity index (χ4v) is 4.48. The van der Waals surface area contributed by atoms with Gasteiger partial charge in [0.15, 0.2) is 11.5 Å². The molecule has 1 aliphatic heterocycles. The van der Waals surface area contributed by atoms with Gasteiger partial charge >= 0.3 is 0 Å². The standard InChI is InChI=1S/C24H32N4O3/c1-30-21-9-6-17(14-22(21)31-2)10-11-25-23(29)18-7-8-20-19(15-18)16-26-24(27-20)28-12-4-3-5-13-28/h6,9,14,16,18H,3-5,7-8,10-13,15H2,1-2H3,(H,25,29). The van der Waals surface area contributed by atoms with E-state index in [9.17, 15) is 4.79 Å². The zero-order valence-electron chi connectivity index (χ0n) is 18.5. The molecule has 0 bridgehead atoms. The van der Waals surface area contributed by atoms with E-state index < -0.39 is 0 Å². The van der Waals surface area contributed by atoms with Crippen LogP contribution in [0.3, 0.4) is 0 Å². The predicted molar refractivity (Wildman–Crippen MR) is 120 cm³/mol. The fourth-order valence-electron chi connectivity index (χ4n) is 4.48. The third-order valence-electron chi connectivity index (χ3n) is 6.31. The van der Waals surface area contributed by atoms with Crippen molar-refractivity contribution in [1.82, 2.24) is 15.3 Å². The molecule has 2 aromatic rings. The molecule has 166 valence electrons. The van der Waals surface area contributed by atoms with Gasteiger partial charge in [0, 0.05) is 37.4 Å². The van der Waals surface area contributed by atoms with E-state index in [1.165, 1.54) is 19.3 Å². The second-order valence-electron chi connectivity index (χ2n) is 8.36. The van der Waals surface area contributed by atoms with E-state index in [1.807, 2.05) is 24.4 Å². The summed E-state index contributed by atoms with van der Waals surface area (Å²) < 4.78 is 10.6. The normalized spacial score (nSPS) is 18.3. The molecule has 0 spiro atoms. The van der Waals surface area contributed by atoms with E-state index in [2.05, 4.69) is 15.2 Å². The molecule has 4 rings (SSSR count). The largest absolute Gasteiger partial charge is 0.493 e. The molecule has 1 amide bonds. The number of hydrogen-bond acceptors (Lipinski definition) is 6. The van der Waals surface area contributed by atoms with Crippen LogP contribution >= 0.6 is 0 Å². The summed E-state index contributed by atoms with van der Waals surface area (Å²) in [6, 6.07) is 5.85. The molecule has 0 radical (unpaired) electrons. The highest BCUT2D eigenvalue weighted by Crippen LogP contribution is 2.28. The zero-order chi connectivity index (χ0) is 21.6. The Bertz CT molecular complexity index is 912. The van der Waals surface area contributed by atoms with Crippen LogP contribution in [0.4, 0.5) is 5.95 Å². The summed E-state index contributed by atoms with van der Waals surface area (Å²) >= 11 is 0. The minimum absolute atomic E-state index is 0.0117. The molecule has 1 N–H and O–H groups in total. The van der Waals surface area contributed by atoms with Crippen LogP contribution in [0.5, 0.6) is 11.5 Å². The molecule has 1 saturated heterocycles. The quantitative estimate of drug-likeness (QED) is 0.737. The Morgan fingerprint density at radius 2 is 1.97 bits per heavy atom. The van der Waals surface area contributed by atoms with Crippen molar-refractivity contribution in [3.8, 4) is 11.5 Å². The number of amides is 1. The molecule has 1 aromatic carbocycles. The maximum absolute atomic E-state index is 12.7. The van der Waals surface area contributed by atoms with E-state index in [1.54, 1.807) is 14.2 Å². The Hall–Kier alpha value is -2.83. The highest BCUT2D eigenvalue weighted by atomic mass is 16.5. The van der Waals surface area contributed by atoms with Crippen LogP contribution in [0.25, 0.3) is 0 Å². The fraction of sp³-hybridized carbons (Fsp3) is 0.542. The first-order valence-corrected chi connectivity index (χ1v) is 11.3. The van der Waals surface area contributed by atoms with Crippen LogP contribution in [-0.2, 0) is 24.1 Å². The number of methoxy groups -OCH3 is 2. The van der Waals surface area contributed by atoms with Gasteiger partial charge < -0.3 is 19.7 Å². The number of nitrogens with one attached hydrogen (secondary N) is 1. The molecule has 2 aliphatic rings. The van der Waals surface area contributed by atoms with Crippen molar-refractivity contribution in [2.75, 3.05) is 38.8 Å². The van der Waals surface area contributed by atoms with Crippen LogP contribution in [0.2, 0.25) is 0 Å². The first-order chi connectivity index (χ1) is 15.2. The van der Waals surface area contributed by atoms with Crippen molar-refractivity contribution in [3.63, 3.8) is 0 Å². The number of hydrogen-bond donors (Lipinski definition) is 1. The summed E-state index contributed by atoms with van der Waals surface area (Å²) in [4.78, 5) is 24.4. The summed E-state index contributed by atoms with van der Waals surface area (Å²) in [6.45, 7) is 2.69. The van der Waals surface area contributed by atoms with Crippen molar-refractivity contribution in [2.45, 2.75) is 44.9 Å². The third-order valence-corrected chi connectivity index (χ3v) is 6.31. The van der Waals surface area contributed by atoms with E-state index in [-0.39, 0.29) is 11.8 Å². The number of aryl methyl sites for hydroxylation is 1. The molecule has 1 unspecified atom stereocenters. The number of piperidine rings is 1. The molecule has 1 aromatic heterocycles. The van der Waals surface area contributed by atoms with Crippen LogP contribution < -0.4 is 19.7 Å². The number of ether oxygens (including phenoxy) is 2. The number of carbonyl (C=O) groups excluding carboxylic acids is 1. The minimum atomic E-state index is -0.0117. The van der Waals surface area contributed by atoms with Gasteiger partial charge in [-0.1, -0.05) is 6.07 Å². The molecule has 31 heavy (non-hydrogen) atoms. The Morgan fingerprint density at radius 1 is 1.16 bits per heavy atom. The van der Waals surface area contributed by atoms with Crippen molar-refractivity contribution < 1.29 is 14.3 Å². The van der Waals surface area contributed by atoms with Crippen molar-refractivity contribution in [3.05, 3.63) is 41.2 Å². The van der Waals surface area contributed by atoms with Crippen LogP contribution in [-0.4, -0.2) is 49.7 Å². The maximum Gasteiger partial charge on any atom is 0.225 e. The summed E-state index contributed by atoms with van der Waals surface area (Å²) in [6.07, 6.45) is 8.81. The molecular weight excluding hydrogens is 392 g/mol. The SMILES string of the molecule is COc1ccc(CCNC(=O)C2CCc3nc(N4CCCCC4)ncc3C2)cc1OC. The minimum Gasteiger partial charge on any atom is -0.493 e. The Kier molecular flexibility index (Phi) is 6.89.